The minimum absolute atomic E-state index is 0.0554. The van der Waals surface area contributed by atoms with Crippen LogP contribution in [0, 0.1) is 6.92 Å². The van der Waals surface area contributed by atoms with Crippen LogP contribution in [0.4, 0.5) is 5.82 Å². The Morgan fingerprint density at radius 2 is 2.12 bits per heavy atom. The van der Waals surface area contributed by atoms with Crippen LogP contribution >= 0.6 is 0 Å². The zero-order valence-electron chi connectivity index (χ0n) is 15.5. The normalized spacial score (nSPS) is 12.1. The molecule has 2 heterocycles. The van der Waals surface area contributed by atoms with Crippen LogP contribution in [0.15, 0.2) is 42.9 Å². The van der Waals surface area contributed by atoms with Crippen molar-refractivity contribution in [3.8, 4) is 11.3 Å². The maximum Gasteiger partial charge on any atom is 0.221 e. The molecule has 1 atom stereocenters. The van der Waals surface area contributed by atoms with Crippen molar-refractivity contribution >= 4 is 17.4 Å². The molecule has 0 aliphatic rings. The molecule has 6 nitrogen and oxygen atoms in total. The standard InChI is InChI=1S/C20H25N5O/c1-4-15(3)23-18(26)9-10-22-20-19(16-8-6-5-7-14(16)2)24-17-13-21-11-12-25(17)20/h5-8,11-13,15,22H,4,9-10H2,1-3H3,(H,23,26)/t15-/m0/s1. The lowest BCUT2D eigenvalue weighted by atomic mass is 10.1. The Morgan fingerprint density at radius 3 is 2.88 bits per heavy atom. The van der Waals surface area contributed by atoms with Gasteiger partial charge in [0, 0.05) is 37.0 Å². The molecule has 0 fully saturated rings. The van der Waals surface area contributed by atoms with Gasteiger partial charge in [-0.2, -0.15) is 0 Å². The van der Waals surface area contributed by atoms with Crippen molar-refractivity contribution in [2.24, 2.45) is 0 Å². The van der Waals surface area contributed by atoms with E-state index in [0.29, 0.717) is 13.0 Å². The van der Waals surface area contributed by atoms with E-state index in [2.05, 4.69) is 41.6 Å². The van der Waals surface area contributed by atoms with E-state index in [0.717, 1.165) is 34.7 Å². The van der Waals surface area contributed by atoms with E-state index in [1.807, 2.05) is 29.7 Å². The maximum atomic E-state index is 12.0. The van der Waals surface area contributed by atoms with Gasteiger partial charge in [0.15, 0.2) is 5.65 Å². The van der Waals surface area contributed by atoms with Crippen molar-refractivity contribution in [1.29, 1.82) is 0 Å². The number of rotatable bonds is 7. The van der Waals surface area contributed by atoms with Gasteiger partial charge >= 0.3 is 0 Å². The molecule has 136 valence electrons. The van der Waals surface area contributed by atoms with Gasteiger partial charge in [0.25, 0.3) is 0 Å². The van der Waals surface area contributed by atoms with Crippen LogP contribution in [0.1, 0.15) is 32.3 Å². The number of hydrogen-bond acceptors (Lipinski definition) is 4. The van der Waals surface area contributed by atoms with Crippen molar-refractivity contribution in [3.63, 3.8) is 0 Å². The largest absolute Gasteiger partial charge is 0.369 e. The van der Waals surface area contributed by atoms with E-state index in [9.17, 15) is 4.79 Å². The second kappa shape index (κ2) is 7.99. The summed E-state index contributed by atoms with van der Waals surface area (Å²) >= 11 is 0. The van der Waals surface area contributed by atoms with Gasteiger partial charge in [-0.1, -0.05) is 31.2 Å². The Hall–Kier alpha value is -2.89. The van der Waals surface area contributed by atoms with Crippen molar-refractivity contribution in [3.05, 3.63) is 48.4 Å². The minimum Gasteiger partial charge on any atom is -0.369 e. The average molecular weight is 351 g/mol. The highest BCUT2D eigenvalue weighted by atomic mass is 16.1. The van der Waals surface area contributed by atoms with E-state index >= 15 is 0 Å². The second-order valence-electron chi connectivity index (χ2n) is 6.48. The predicted molar refractivity (Wildman–Crippen MR) is 104 cm³/mol. The highest BCUT2D eigenvalue weighted by molar-refractivity contribution is 5.79. The molecule has 2 aromatic heterocycles. The summed E-state index contributed by atoms with van der Waals surface area (Å²) in [6.45, 7) is 6.68. The molecule has 6 heteroatoms. The summed E-state index contributed by atoms with van der Waals surface area (Å²) in [5.41, 5.74) is 3.87. The van der Waals surface area contributed by atoms with Crippen molar-refractivity contribution in [1.82, 2.24) is 19.7 Å². The lowest BCUT2D eigenvalue weighted by Crippen LogP contribution is -2.33. The van der Waals surface area contributed by atoms with Crippen molar-refractivity contribution in [2.45, 2.75) is 39.7 Å². The Bertz CT molecular complexity index is 902. The molecule has 3 rings (SSSR count). The number of aromatic nitrogens is 3. The fraction of sp³-hybridized carbons (Fsp3) is 0.350. The first kappa shape index (κ1) is 17.9. The number of carbonyl (C=O) groups excluding carboxylic acids is 1. The minimum atomic E-state index is 0.0554. The summed E-state index contributed by atoms with van der Waals surface area (Å²) in [5, 5.41) is 6.39. The fourth-order valence-corrected chi connectivity index (χ4v) is 2.85. The number of fused-ring (bicyclic) bond motifs is 1. The molecule has 0 unspecified atom stereocenters. The van der Waals surface area contributed by atoms with Crippen molar-refractivity contribution in [2.75, 3.05) is 11.9 Å². The van der Waals surface area contributed by atoms with Gasteiger partial charge in [0.2, 0.25) is 5.91 Å². The first-order chi connectivity index (χ1) is 12.6. The molecule has 0 bridgehead atoms. The molecule has 0 saturated heterocycles. The number of imidazole rings is 1. The van der Waals surface area contributed by atoms with Gasteiger partial charge < -0.3 is 10.6 Å². The third-order valence-electron chi connectivity index (χ3n) is 4.49. The summed E-state index contributed by atoms with van der Waals surface area (Å²) in [6.07, 6.45) is 6.69. The summed E-state index contributed by atoms with van der Waals surface area (Å²) < 4.78 is 1.97. The SMILES string of the molecule is CC[C@H](C)NC(=O)CCNc1c(-c2ccccc2C)nc2cnccn12. The predicted octanol–water partition coefficient (Wildman–Crippen LogP) is 3.42. The first-order valence-corrected chi connectivity index (χ1v) is 9.01. The lowest BCUT2D eigenvalue weighted by molar-refractivity contribution is -0.121. The number of aryl methyl sites for hydroxylation is 1. The lowest BCUT2D eigenvalue weighted by Gasteiger charge is -2.13. The first-order valence-electron chi connectivity index (χ1n) is 9.01. The topological polar surface area (TPSA) is 71.3 Å². The smallest absolute Gasteiger partial charge is 0.221 e. The van der Waals surface area contributed by atoms with Crippen LogP contribution in [0.2, 0.25) is 0 Å². The summed E-state index contributed by atoms with van der Waals surface area (Å²) in [4.78, 5) is 20.9. The number of amides is 1. The van der Waals surface area contributed by atoms with Crippen LogP contribution in [-0.2, 0) is 4.79 Å². The summed E-state index contributed by atoms with van der Waals surface area (Å²) in [6, 6.07) is 8.36. The molecular weight excluding hydrogens is 326 g/mol. The Labute approximate surface area is 153 Å². The van der Waals surface area contributed by atoms with Gasteiger partial charge in [0.05, 0.1) is 6.20 Å². The van der Waals surface area contributed by atoms with E-state index in [4.69, 9.17) is 4.98 Å². The maximum absolute atomic E-state index is 12.0. The molecule has 2 N–H and O–H groups in total. The summed E-state index contributed by atoms with van der Waals surface area (Å²) in [7, 11) is 0. The van der Waals surface area contributed by atoms with Crippen LogP contribution in [-0.4, -0.2) is 32.9 Å². The third kappa shape index (κ3) is 3.85. The summed E-state index contributed by atoms with van der Waals surface area (Å²) in [5.74, 6) is 0.938. The molecule has 3 aromatic rings. The Balaban J connectivity index is 1.84. The van der Waals surface area contributed by atoms with Crippen LogP contribution in [0.25, 0.3) is 16.9 Å². The molecule has 0 aliphatic heterocycles. The number of benzene rings is 1. The highest BCUT2D eigenvalue weighted by Crippen LogP contribution is 2.30. The number of carbonyl (C=O) groups is 1. The number of hydrogen-bond donors (Lipinski definition) is 2. The van der Waals surface area contributed by atoms with Crippen molar-refractivity contribution < 1.29 is 4.79 Å². The molecule has 1 amide bonds. The van der Waals surface area contributed by atoms with Gasteiger partial charge in [-0.05, 0) is 25.8 Å². The van der Waals surface area contributed by atoms with Gasteiger partial charge in [-0.3, -0.25) is 14.2 Å². The zero-order valence-corrected chi connectivity index (χ0v) is 15.5. The number of anilines is 1. The molecular formula is C20H25N5O. The molecule has 1 aromatic carbocycles. The molecule has 0 aliphatic carbocycles. The molecule has 0 radical (unpaired) electrons. The second-order valence-corrected chi connectivity index (χ2v) is 6.48. The van der Waals surface area contributed by atoms with Crippen LogP contribution in [0.5, 0.6) is 0 Å². The van der Waals surface area contributed by atoms with Crippen LogP contribution < -0.4 is 10.6 Å². The van der Waals surface area contributed by atoms with Crippen LogP contribution in [0.3, 0.4) is 0 Å². The monoisotopic (exact) mass is 351 g/mol. The fourth-order valence-electron chi connectivity index (χ4n) is 2.85. The molecule has 26 heavy (non-hydrogen) atoms. The van der Waals surface area contributed by atoms with E-state index in [1.165, 1.54) is 0 Å². The van der Waals surface area contributed by atoms with E-state index < -0.39 is 0 Å². The molecule has 0 saturated carbocycles. The van der Waals surface area contributed by atoms with Gasteiger partial charge in [0.1, 0.15) is 11.5 Å². The molecule has 0 spiro atoms. The number of nitrogens with zero attached hydrogens (tertiary/aromatic N) is 3. The Morgan fingerprint density at radius 1 is 1.31 bits per heavy atom. The van der Waals surface area contributed by atoms with Gasteiger partial charge in [-0.25, -0.2) is 4.98 Å². The third-order valence-corrected chi connectivity index (χ3v) is 4.49. The zero-order chi connectivity index (χ0) is 18.5. The quantitative estimate of drug-likeness (QED) is 0.684. The number of nitrogens with one attached hydrogen (secondary N) is 2. The average Bonchev–Trinajstić information content (AvgIpc) is 3.00. The van der Waals surface area contributed by atoms with E-state index in [-0.39, 0.29) is 11.9 Å². The van der Waals surface area contributed by atoms with E-state index in [1.54, 1.807) is 12.4 Å². The van der Waals surface area contributed by atoms with Gasteiger partial charge in [-0.15, -0.1) is 0 Å². The Kier molecular flexibility index (Phi) is 5.51. The highest BCUT2D eigenvalue weighted by Gasteiger charge is 2.15.